The molecule has 0 radical (unpaired) electrons. The zero-order chi connectivity index (χ0) is 20.4. The molecule has 1 fully saturated rings. The van der Waals surface area contributed by atoms with E-state index in [2.05, 4.69) is 0 Å². The molecule has 6 nitrogen and oxygen atoms in total. The van der Waals surface area contributed by atoms with Crippen LogP contribution in [0.5, 0.6) is 0 Å². The van der Waals surface area contributed by atoms with Crippen molar-refractivity contribution in [2.45, 2.75) is 58.1 Å². The van der Waals surface area contributed by atoms with Crippen LogP contribution >= 0.6 is 11.6 Å². The summed E-state index contributed by atoms with van der Waals surface area (Å²) in [7, 11) is 1.83. The van der Waals surface area contributed by atoms with E-state index in [0.717, 1.165) is 30.6 Å². The number of rotatable bonds is 5. The Bertz CT molecular complexity index is 810. The number of amides is 2. The van der Waals surface area contributed by atoms with Crippen molar-refractivity contribution >= 4 is 35.1 Å². The van der Waals surface area contributed by atoms with Gasteiger partial charge in [-0.1, -0.05) is 30.9 Å². The molecule has 3 rings (SSSR count). The van der Waals surface area contributed by atoms with Crippen LogP contribution in [0.15, 0.2) is 35.0 Å². The van der Waals surface area contributed by atoms with Gasteiger partial charge in [0.1, 0.15) is 10.7 Å². The number of carbonyl (C=O) groups is 3. The maximum atomic E-state index is 13.0. The lowest BCUT2D eigenvalue weighted by atomic mass is 9.94. The molecule has 1 saturated carbocycles. The van der Waals surface area contributed by atoms with Crippen LogP contribution in [0, 0.1) is 0 Å². The Morgan fingerprint density at radius 1 is 1.11 bits per heavy atom. The molecule has 0 atom stereocenters. The highest BCUT2D eigenvalue weighted by Gasteiger charge is 2.42. The summed E-state index contributed by atoms with van der Waals surface area (Å²) in [6.07, 6.45) is 5.16. The molecule has 2 aliphatic rings. The van der Waals surface area contributed by atoms with Crippen LogP contribution in [-0.2, 0) is 14.3 Å². The average molecular weight is 405 g/mol. The van der Waals surface area contributed by atoms with Crippen LogP contribution in [-0.4, -0.2) is 41.9 Å². The number of ether oxygens (including phenoxy) is 1. The molecule has 1 aliphatic heterocycles. The lowest BCUT2D eigenvalue weighted by Gasteiger charge is -2.33. The molecule has 0 unspecified atom stereocenters. The van der Waals surface area contributed by atoms with E-state index in [4.69, 9.17) is 16.3 Å². The maximum absolute atomic E-state index is 13.0. The summed E-state index contributed by atoms with van der Waals surface area (Å²) in [6, 6.07) is 6.40. The van der Waals surface area contributed by atoms with Gasteiger partial charge in [-0.25, -0.2) is 9.69 Å². The van der Waals surface area contributed by atoms with E-state index >= 15 is 0 Å². The number of halogens is 1. The standard InChI is InChI=1S/C21H25ClN2O4/c1-13(2)28-21(27)14-9-11-16(12-10-14)24-19(25)17(22)18(20(24)26)23(3)15-7-5-4-6-8-15/h9-13,15H,4-8H2,1-3H3. The van der Waals surface area contributed by atoms with Crippen molar-refractivity contribution in [2.24, 2.45) is 0 Å². The molecular weight excluding hydrogens is 380 g/mol. The minimum Gasteiger partial charge on any atom is -0.459 e. The van der Waals surface area contributed by atoms with Gasteiger partial charge in [0, 0.05) is 13.1 Å². The van der Waals surface area contributed by atoms with Crippen LogP contribution in [0.4, 0.5) is 5.69 Å². The second-order valence-electron chi connectivity index (χ2n) is 7.51. The molecule has 0 bridgehead atoms. The monoisotopic (exact) mass is 404 g/mol. The highest BCUT2D eigenvalue weighted by molar-refractivity contribution is 6.52. The van der Waals surface area contributed by atoms with Crippen molar-refractivity contribution in [2.75, 3.05) is 11.9 Å². The molecule has 7 heteroatoms. The quantitative estimate of drug-likeness (QED) is 0.551. The van der Waals surface area contributed by atoms with Gasteiger partial charge in [0.15, 0.2) is 0 Å². The first-order chi connectivity index (χ1) is 13.3. The van der Waals surface area contributed by atoms with E-state index in [-0.39, 0.29) is 22.9 Å². The van der Waals surface area contributed by atoms with Crippen molar-refractivity contribution in [3.8, 4) is 0 Å². The van der Waals surface area contributed by atoms with Crippen LogP contribution in [0.1, 0.15) is 56.3 Å². The Hall–Kier alpha value is -2.34. The molecule has 0 aromatic heterocycles. The van der Waals surface area contributed by atoms with Gasteiger partial charge in [0.05, 0.1) is 17.4 Å². The van der Waals surface area contributed by atoms with Crippen molar-refractivity contribution in [3.63, 3.8) is 0 Å². The Kier molecular flexibility index (Phi) is 6.08. The predicted molar refractivity (Wildman–Crippen MR) is 107 cm³/mol. The molecule has 28 heavy (non-hydrogen) atoms. The number of hydrogen-bond donors (Lipinski definition) is 0. The van der Waals surface area contributed by atoms with E-state index in [9.17, 15) is 14.4 Å². The van der Waals surface area contributed by atoms with Crippen LogP contribution < -0.4 is 4.90 Å². The van der Waals surface area contributed by atoms with E-state index in [1.54, 1.807) is 26.0 Å². The molecule has 1 aromatic rings. The number of likely N-dealkylation sites (N-methyl/N-ethyl adjacent to an activating group) is 1. The summed E-state index contributed by atoms with van der Waals surface area (Å²) >= 11 is 6.27. The summed E-state index contributed by atoms with van der Waals surface area (Å²) in [4.78, 5) is 40.6. The third-order valence-corrected chi connectivity index (χ3v) is 5.52. The van der Waals surface area contributed by atoms with Crippen molar-refractivity contribution in [1.29, 1.82) is 0 Å². The molecule has 0 spiro atoms. The Labute approximate surface area is 170 Å². The van der Waals surface area contributed by atoms with E-state index in [0.29, 0.717) is 11.3 Å². The zero-order valence-electron chi connectivity index (χ0n) is 16.4. The highest BCUT2D eigenvalue weighted by Crippen LogP contribution is 2.34. The fourth-order valence-corrected chi connectivity index (χ4v) is 4.01. The molecule has 150 valence electrons. The van der Waals surface area contributed by atoms with Crippen molar-refractivity contribution in [1.82, 2.24) is 4.90 Å². The fraction of sp³-hybridized carbons (Fsp3) is 0.476. The van der Waals surface area contributed by atoms with Crippen molar-refractivity contribution in [3.05, 3.63) is 40.6 Å². The summed E-state index contributed by atoms with van der Waals surface area (Å²) in [5.74, 6) is -1.42. The molecule has 1 aromatic carbocycles. The maximum Gasteiger partial charge on any atom is 0.338 e. The molecule has 0 saturated heterocycles. The van der Waals surface area contributed by atoms with Gasteiger partial charge in [-0.2, -0.15) is 0 Å². The Morgan fingerprint density at radius 2 is 1.71 bits per heavy atom. The first-order valence-electron chi connectivity index (χ1n) is 9.63. The van der Waals surface area contributed by atoms with E-state index in [1.807, 2.05) is 11.9 Å². The lowest BCUT2D eigenvalue weighted by molar-refractivity contribution is -0.121. The first kappa shape index (κ1) is 20.4. The number of anilines is 1. The highest BCUT2D eigenvalue weighted by atomic mass is 35.5. The minimum atomic E-state index is -0.540. The minimum absolute atomic E-state index is 0.0543. The molecule has 0 N–H and O–H groups in total. The van der Waals surface area contributed by atoms with Gasteiger partial charge in [-0.3, -0.25) is 9.59 Å². The van der Waals surface area contributed by atoms with Gasteiger partial charge in [0.25, 0.3) is 11.8 Å². The average Bonchev–Trinajstić information content (AvgIpc) is 2.90. The number of esters is 1. The number of hydrogen-bond acceptors (Lipinski definition) is 5. The normalized spacial score (nSPS) is 18.2. The van der Waals surface area contributed by atoms with Gasteiger partial charge in [0.2, 0.25) is 0 Å². The van der Waals surface area contributed by atoms with Gasteiger partial charge in [-0.15, -0.1) is 0 Å². The van der Waals surface area contributed by atoms with Crippen LogP contribution in [0.2, 0.25) is 0 Å². The SMILES string of the molecule is CC(C)OC(=O)c1ccc(N2C(=O)C(Cl)=C(N(C)C3CCCCC3)C2=O)cc1. The summed E-state index contributed by atoms with van der Waals surface area (Å²) in [6.45, 7) is 3.54. The summed E-state index contributed by atoms with van der Waals surface area (Å²) in [5, 5.41) is -0.0543. The molecule has 1 heterocycles. The Morgan fingerprint density at radius 3 is 2.29 bits per heavy atom. The smallest absolute Gasteiger partial charge is 0.338 e. The lowest BCUT2D eigenvalue weighted by Crippen LogP contribution is -2.38. The van der Waals surface area contributed by atoms with Gasteiger partial charge in [-0.05, 0) is 51.0 Å². The first-order valence-corrected chi connectivity index (χ1v) is 10.0. The van der Waals surface area contributed by atoms with E-state index < -0.39 is 17.8 Å². The number of carbonyl (C=O) groups excluding carboxylic acids is 3. The topological polar surface area (TPSA) is 66.9 Å². The van der Waals surface area contributed by atoms with Gasteiger partial charge >= 0.3 is 5.97 Å². The molecule has 1 aliphatic carbocycles. The largest absolute Gasteiger partial charge is 0.459 e. The number of nitrogens with zero attached hydrogens (tertiary/aromatic N) is 2. The third kappa shape index (κ3) is 3.92. The molecule has 2 amide bonds. The second kappa shape index (κ2) is 8.35. The molecular formula is C21H25ClN2O4. The second-order valence-corrected chi connectivity index (χ2v) is 7.89. The summed E-state index contributed by atoms with van der Waals surface area (Å²) in [5.41, 5.74) is 0.985. The van der Waals surface area contributed by atoms with E-state index in [1.165, 1.54) is 18.6 Å². The predicted octanol–water partition coefficient (Wildman–Crippen LogP) is 3.84. The zero-order valence-corrected chi connectivity index (χ0v) is 17.2. The third-order valence-electron chi connectivity index (χ3n) is 5.18. The number of benzene rings is 1. The summed E-state index contributed by atoms with van der Waals surface area (Å²) < 4.78 is 5.15. The van der Waals surface area contributed by atoms with Crippen LogP contribution in [0.3, 0.4) is 0 Å². The Balaban J connectivity index is 1.80. The van der Waals surface area contributed by atoms with Crippen molar-refractivity contribution < 1.29 is 19.1 Å². The number of imide groups is 1. The van der Waals surface area contributed by atoms with Crippen LogP contribution in [0.25, 0.3) is 0 Å². The fourth-order valence-electron chi connectivity index (χ4n) is 3.71. The van der Waals surface area contributed by atoms with Gasteiger partial charge < -0.3 is 9.64 Å².